The highest BCUT2D eigenvalue weighted by Crippen LogP contribution is 2.36. The molecule has 1 fully saturated rings. The fourth-order valence-corrected chi connectivity index (χ4v) is 3.41. The first kappa shape index (κ1) is 16.8. The Bertz CT molecular complexity index is 407. The van der Waals surface area contributed by atoms with Crippen LogP contribution >= 0.6 is 11.8 Å². The molecular formula is C15H27N3O2S. The van der Waals surface area contributed by atoms with Gasteiger partial charge in [-0.1, -0.05) is 24.4 Å². The van der Waals surface area contributed by atoms with Gasteiger partial charge in [-0.3, -0.25) is 0 Å². The molecule has 2 atom stereocenters. The summed E-state index contributed by atoms with van der Waals surface area (Å²) in [4.78, 5) is 4.52. The van der Waals surface area contributed by atoms with Crippen molar-refractivity contribution in [1.29, 1.82) is 0 Å². The third kappa shape index (κ3) is 4.69. The molecule has 0 aromatic carbocycles. The lowest BCUT2D eigenvalue weighted by atomic mass is 9.85. The van der Waals surface area contributed by atoms with Crippen molar-refractivity contribution in [3.8, 4) is 0 Å². The van der Waals surface area contributed by atoms with Crippen LogP contribution in [0.2, 0.25) is 0 Å². The highest BCUT2D eigenvalue weighted by molar-refractivity contribution is 7.98. The number of rotatable bonds is 8. The zero-order valence-corrected chi connectivity index (χ0v) is 13.9. The number of thioether (sulfide) groups is 1. The number of hydrogen-bond donors (Lipinski definition) is 1. The number of aromatic nitrogens is 2. The first-order valence-corrected chi connectivity index (χ1v) is 9.35. The average molecular weight is 313 g/mol. The monoisotopic (exact) mass is 313 g/mol. The Morgan fingerprint density at radius 3 is 2.81 bits per heavy atom. The van der Waals surface area contributed by atoms with Crippen molar-refractivity contribution in [3.05, 3.63) is 11.7 Å². The molecule has 0 aliphatic heterocycles. The van der Waals surface area contributed by atoms with E-state index in [2.05, 4.69) is 16.4 Å². The Labute approximate surface area is 131 Å². The standard InChI is InChI=1S/C15H27N3O2S/c1-3-19-13(11-7-5-4-6-8-11)14-17-15(20-18-14)12(16)9-10-21-2/h11-13H,3-10,16H2,1-2H3/t12-,13?/m0/s1. The van der Waals surface area contributed by atoms with Crippen LogP contribution in [0.5, 0.6) is 0 Å². The second-order valence-corrected chi connectivity index (χ2v) is 6.64. The van der Waals surface area contributed by atoms with Crippen molar-refractivity contribution in [2.45, 2.75) is 57.6 Å². The van der Waals surface area contributed by atoms with Gasteiger partial charge in [0.1, 0.15) is 6.10 Å². The second-order valence-electron chi connectivity index (χ2n) is 5.65. The molecule has 5 nitrogen and oxygen atoms in total. The summed E-state index contributed by atoms with van der Waals surface area (Å²) in [5, 5.41) is 4.14. The molecule has 1 aliphatic carbocycles. The molecule has 1 aromatic rings. The van der Waals surface area contributed by atoms with Crippen LogP contribution in [0.15, 0.2) is 4.52 Å². The van der Waals surface area contributed by atoms with E-state index in [4.69, 9.17) is 15.0 Å². The Balaban J connectivity index is 2.04. The number of nitrogens with zero attached hydrogens (tertiary/aromatic N) is 2. The predicted molar refractivity (Wildman–Crippen MR) is 85.2 cm³/mol. The van der Waals surface area contributed by atoms with Gasteiger partial charge in [-0.15, -0.1) is 0 Å². The molecule has 6 heteroatoms. The summed E-state index contributed by atoms with van der Waals surface area (Å²) >= 11 is 1.77. The van der Waals surface area contributed by atoms with Gasteiger partial charge in [0.25, 0.3) is 0 Å². The van der Waals surface area contributed by atoms with Crippen LogP contribution in [0.25, 0.3) is 0 Å². The highest BCUT2D eigenvalue weighted by atomic mass is 32.2. The molecular weight excluding hydrogens is 286 g/mol. The Kier molecular flexibility index (Phi) is 6.99. The summed E-state index contributed by atoms with van der Waals surface area (Å²) in [5.74, 6) is 2.72. The summed E-state index contributed by atoms with van der Waals surface area (Å²) in [6.07, 6.45) is 9.12. The molecule has 0 radical (unpaired) electrons. The Morgan fingerprint density at radius 2 is 2.14 bits per heavy atom. The van der Waals surface area contributed by atoms with Gasteiger partial charge in [-0.2, -0.15) is 16.7 Å². The molecule has 0 bridgehead atoms. The second kappa shape index (κ2) is 8.76. The third-order valence-electron chi connectivity index (χ3n) is 4.09. The molecule has 21 heavy (non-hydrogen) atoms. The van der Waals surface area contributed by atoms with Crippen LogP contribution in [-0.2, 0) is 4.74 Å². The molecule has 1 aliphatic rings. The van der Waals surface area contributed by atoms with E-state index in [1.807, 2.05) is 6.92 Å². The third-order valence-corrected chi connectivity index (χ3v) is 4.73. The largest absolute Gasteiger partial charge is 0.370 e. The topological polar surface area (TPSA) is 74.2 Å². The first-order valence-electron chi connectivity index (χ1n) is 7.95. The van der Waals surface area contributed by atoms with Crippen molar-refractivity contribution >= 4 is 11.8 Å². The van der Waals surface area contributed by atoms with Gasteiger partial charge in [0.15, 0.2) is 0 Å². The zero-order chi connectivity index (χ0) is 15.1. The lowest BCUT2D eigenvalue weighted by Crippen LogP contribution is -2.20. The quantitative estimate of drug-likeness (QED) is 0.792. The Morgan fingerprint density at radius 1 is 1.38 bits per heavy atom. The van der Waals surface area contributed by atoms with Crippen molar-refractivity contribution in [1.82, 2.24) is 10.1 Å². The van der Waals surface area contributed by atoms with Gasteiger partial charge < -0.3 is 15.0 Å². The van der Waals surface area contributed by atoms with E-state index in [1.54, 1.807) is 11.8 Å². The molecule has 0 spiro atoms. The fourth-order valence-electron chi connectivity index (χ4n) is 2.92. The molecule has 120 valence electrons. The number of hydrogen-bond acceptors (Lipinski definition) is 6. The van der Waals surface area contributed by atoms with Gasteiger partial charge in [0.05, 0.1) is 6.04 Å². The molecule has 2 N–H and O–H groups in total. The van der Waals surface area contributed by atoms with E-state index in [0.717, 1.165) is 12.2 Å². The summed E-state index contributed by atoms with van der Waals surface area (Å²) in [6, 6.07) is -0.174. The molecule has 0 amide bonds. The average Bonchev–Trinajstić information content (AvgIpc) is 3.00. The van der Waals surface area contributed by atoms with Crippen LogP contribution in [0.1, 0.15) is 69.3 Å². The maximum Gasteiger partial charge on any atom is 0.243 e. The van der Waals surface area contributed by atoms with E-state index >= 15 is 0 Å². The van der Waals surface area contributed by atoms with Crippen LogP contribution in [0, 0.1) is 5.92 Å². The van der Waals surface area contributed by atoms with Crippen LogP contribution in [-0.4, -0.2) is 28.8 Å². The van der Waals surface area contributed by atoms with Crippen LogP contribution in [0.3, 0.4) is 0 Å². The molecule has 0 saturated heterocycles. The van der Waals surface area contributed by atoms with Gasteiger partial charge >= 0.3 is 0 Å². The lowest BCUT2D eigenvalue weighted by Gasteiger charge is -2.27. The minimum absolute atomic E-state index is 0.0412. The maximum atomic E-state index is 6.10. The van der Waals surface area contributed by atoms with Crippen molar-refractivity contribution in [2.24, 2.45) is 11.7 Å². The fraction of sp³-hybridized carbons (Fsp3) is 0.867. The van der Waals surface area contributed by atoms with Crippen molar-refractivity contribution in [2.75, 3.05) is 18.6 Å². The summed E-state index contributed by atoms with van der Waals surface area (Å²) in [6.45, 7) is 2.69. The van der Waals surface area contributed by atoms with E-state index in [0.29, 0.717) is 24.2 Å². The van der Waals surface area contributed by atoms with Crippen LogP contribution in [0.4, 0.5) is 0 Å². The predicted octanol–water partition coefficient (Wildman–Crippen LogP) is 3.48. The van der Waals surface area contributed by atoms with E-state index < -0.39 is 0 Å². The van der Waals surface area contributed by atoms with E-state index in [9.17, 15) is 0 Å². The van der Waals surface area contributed by atoms with E-state index in [-0.39, 0.29) is 12.1 Å². The summed E-state index contributed by atoms with van der Waals surface area (Å²) in [5.41, 5.74) is 6.10. The normalized spacial score (nSPS) is 19.6. The van der Waals surface area contributed by atoms with Gasteiger partial charge in [0.2, 0.25) is 11.7 Å². The Hall–Kier alpha value is -0.590. The number of ether oxygens (including phenoxy) is 1. The first-order chi connectivity index (χ1) is 10.3. The smallest absolute Gasteiger partial charge is 0.243 e. The van der Waals surface area contributed by atoms with Crippen LogP contribution < -0.4 is 5.73 Å². The SMILES string of the molecule is CCOC(c1noc([C@@H](N)CCSC)n1)C1CCCCC1. The zero-order valence-electron chi connectivity index (χ0n) is 13.1. The summed E-state index contributed by atoms with van der Waals surface area (Å²) in [7, 11) is 0. The maximum absolute atomic E-state index is 6.10. The minimum Gasteiger partial charge on any atom is -0.370 e. The minimum atomic E-state index is -0.174. The van der Waals surface area contributed by atoms with Crippen molar-refractivity contribution < 1.29 is 9.26 Å². The lowest BCUT2D eigenvalue weighted by molar-refractivity contribution is -0.00145. The van der Waals surface area contributed by atoms with Gasteiger partial charge in [-0.25, -0.2) is 0 Å². The van der Waals surface area contributed by atoms with Gasteiger partial charge in [0, 0.05) is 6.61 Å². The molecule has 1 aromatic heterocycles. The molecule has 1 unspecified atom stereocenters. The van der Waals surface area contributed by atoms with Gasteiger partial charge in [-0.05, 0) is 44.1 Å². The molecule has 1 saturated carbocycles. The molecule has 1 heterocycles. The number of nitrogens with two attached hydrogens (primary N) is 1. The molecule has 2 rings (SSSR count). The highest BCUT2D eigenvalue weighted by Gasteiger charge is 2.30. The summed E-state index contributed by atoms with van der Waals surface area (Å²) < 4.78 is 11.3. The van der Waals surface area contributed by atoms with Crippen molar-refractivity contribution in [3.63, 3.8) is 0 Å². The van der Waals surface area contributed by atoms with E-state index in [1.165, 1.54) is 32.1 Å².